The summed E-state index contributed by atoms with van der Waals surface area (Å²) in [6.07, 6.45) is 0. The first-order valence-electron chi connectivity index (χ1n) is 3.29. The van der Waals surface area contributed by atoms with Crippen molar-refractivity contribution in [3.05, 3.63) is 20.8 Å². The van der Waals surface area contributed by atoms with Gasteiger partial charge in [-0.2, -0.15) is 4.98 Å². The second-order valence-corrected chi connectivity index (χ2v) is 2.28. The molecular formula is C5H4N6O2. The molecule has 0 amide bonds. The molecule has 0 saturated heterocycles. The fraction of sp³-hybridized carbons (Fsp3) is 0. The average molecular weight is 180 g/mol. The standard InChI is InChI=1S/C5H4N6O2/c6-4-8-2-1(3(12)9-4)7-5(13)11-10-2/h(H,7,11,13)(H3,6,8,9,10,12). The van der Waals surface area contributed by atoms with Gasteiger partial charge in [0, 0.05) is 0 Å². The van der Waals surface area contributed by atoms with Crippen LogP contribution in [0.1, 0.15) is 0 Å². The molecule has 0 aliphatic rings. The van der Waals surface area contributed by atoms with E-state index in [0.717, 1.165) is 0 Å². The van der Waals surface area contributed by atoms with Gasteiger partial charge in [0.05, 0.1) is 0 Å². The molecule has 0 aliphatic heterocycles. The highest BCUT2D eigenvalue weighted by Crippen LogP contribution is 1.95. The van der Waals surface area contributed by atoms with Gasteiger partial charge in [0.15, 0.2) is 11.2 Å². The first-order valence-corrected chi connectivity index (χ1v) is 3.29. The number of nitrogens with one attached hydrogen (secondary N) is 2. The largest absolute Gasteiger partial charge is 0.369 e. The summed E-state index contributed by atoms with van der Waals surface area (Å²) in [6, 6.07) is 0. The van der Waals surface area contributed by atoms with Crippen molar-refractivity contribution in [3.63, 3.8) is 0 Å². The Hall–Kier alpha value is -2.25. The molecule has 0 bridgehead atoms. The van der Waals surface area contributed by atoms with Crippen LogP contribution in [0.15, 0.2) is 9.59 Å². The Kier molecular flexibility index (Phi) is 1.35. The number of aromatic nitrogens is 5. The maximum atomic E-state index is 11.1. The van der Waals surface area contributed by atoms with Crippen LogP contribution in [0.2, 0.25) is 0 Å². The van der Waals surface area contributed by atoms with E-state index in [2.05, 4.69) is 25.1 Å². The summed E-state index contributed by atoms with van der Waals surface area (Å²) in [4.78, 5) is 29.8. The molecule has 66 valence electrons. The summed E-state index contributed by atoms with van der Waals surface area (Å²) in [5.41, 5.74) is 3.97. The Bertz CT molecular complexity index is 569. The number of hydrogen-bond acceptors (Lipinski definition) is 6. The van der Waals surface area contributed by atoms with Crippen LogP contribution in [0, 0.1) is 0 Å². The molecule has 0 aliphatic carbocycles. The lowest BCUT2D eigenvalue weighted by Gasteiger charge is -1.94. The molecule has 0 unspecified atom stereocenters. The van der Waals surface area contributed by atoms with Crippen molar-refractivity contribution < 1.29 is 0 Å². The van der Waals surface area contributed by atoms with Crippen LogP contribution < -0.4 is 17.0 Å². The van der Waals surface area contributed by atoms with Gasteiger partial charge < -0.3 is 10.7 Å². The molecule has 13 heavy (non-hydrogen) atoms. The van der Waals surface area contributed by atoms with E-state index < -0.39 is 11.2 Å². The Morgan fingerprint density at radius 2 is 1.92 bits per heavy atom. The zero-order chi connectivity index (χ0) is 9.42. The van der Waals surface area contributed by atoms with Crippen molar-refractivity contribution >= 4 is 17.1 Å². The van der Waals surface area contributed by atoms with Gasteiger partial charge in [0.1, 0.15) is 0 Å². The van der Waals surface area contributed by atoms with E-state index in [0.29, 0.717) is 0 Å². The van der Waals surface area contributed by atoms with E-state index in [-0.39, 0.29) is 17.1 Å². The maximum absolute atomic E-state index is 11.1. The Balaban J connectivity index is 3.03. The predicted molar refractivity (Wildman–Crippen MR) is 43.0 cm³/mol. The average Bonchev–Trinajstić information content (AvgIpc) is 2.06. The van der Waals surface area contributed by atoms with Crippen LogP contribution in [-0.4, -0.2) is 25.1 Å². The van der Waals surface area contributed by atoms with Gasteiger partial charge in [-0.15, -0.1) is 5.10 Å². The number of fused-ring (bicyclic) bond motifs is 1. The molecule has 0 fully saturated rings. The fourth-order valence-corrected chi connectivity index (χ4v) is 0.893. The van der Waals surface area contributed by atoms with Gasteiger partial charge in [-0.1, -0.05) is 5.10 Å². The summed E-state index contributed by atoms with van der Waals surface area (Å²) in [5, 5.41) is 6.61. The normalized spacial score (nSPS) is 10.5. The number of aromatic amines is 2. The molecule has 0 atom stereocenters. The van der Waals surface area contributed by atoms with Gasteiger partial charge in [-0.05, 0) is 0 Å². The van der Waals surface area contributed by atoms with Crippen LogP contribution >= 0.6 is 0 Å². The smallest absolute Gasteiger partial charge is 0.364 e. The number of nitrogens with two attached hydrogens (primary N) is 1. The highest BCUT2D eigenvalue weighted by Gasteiger charge is 2.03. The minimum Gasteiger partial charge on any atom is -0.369 e. The molecule has 0 saturated carbocycles. The molecule has 0 spiro atoms. The summed E-state index contributed by atoms with van der Waals surface area (Å²) in [7, 11) is 0. The second kappa shape index (κ2) is 2.37. The zero-order valence-corrected chi connectivity index (χ0v) is 6.24. The van der Waals surface area contributed by atoms with Crippen molar-refractivity contribution in [1.82, 2.24) is 25.1 Å². The van der Waals surface area contributed by atoms with E-state index in [4.69, 9.17) is 5.73 Å². The van der Waals surface area contributed by atoms with Crippen LogP contribution in [0.3, 0.4) is 0 Å². The second-order valence-electron chi connectivity index (χ2n) is 2.28. The molecule has 8 nitrogen and oxygen atoms in total. The Morgan fingerprint density at radius 1 is 1.15 bits per heavy atom. The SMILES string of the molecule is Nc1nc(=O)c2[nH]c(=O)nnc2[nH]1. The van der Waals surface area contributed by atoms with E-state index >= 15 is 0 Å². The van der Waals surface area contributed by atoms with E-state index in [1.54, 1.807) is 0 Å². The molecule has 0 aromatic carbocycles. The molecular weight excluding hydrogens is 176 g/mol. The highest BCUT2D eigenvalue weighted by molar-refractivity contribution is 5.67. The van der Waals surface area contributed by atoms with Gasteiger partial charge in [-0.3, -0.25) is 9.78 Å². The lowest BCUT2D eigenvalue weighted by Crippen LogP contribution is -2.20. The fourth-order valence-electron chi connectivity index (χ4n) is 0.893. The maximum Gasteiger partial charge on any atom is 0.364 e. The Labute approximate surface area is 69.8 Å². The van der Waals surface area contributed by atoms with Gasteiger partial charge >= 0.3 is 11.2 Å². The van der Waals surface area contributed by atoms with Gasteiger partial charge in [0.25, 0.3) is 0 Å². The van der Waals surface area contributed by atoms with E-state index in [1.165, 1.54) is 0 Å². The van der Waals surface area contributed by atoms with Crippen LogP contribution in [0.4, 0.5) is 5.95 Å². The molecule has 4 N–H and O–H groups in total. The number of H-pyrrole nitrogens is 2. The molecule has 2 rings (SSSR count). The van der Waals surface area contributed by atoms with Crippen molar-refractivity contribution in [3.8, 4) is 0 Å². The first-order chi connectivity index (χ1) is 6.16. The number of nitrogen functional groups attached to an aromatic ring is 1. The van der Waals surface area contributed by atoms with Crippen LogP contribution in [0.5, 0.6) is 0 Å². The minimum atomic E-state index is -0.704. The van der Waals surface area contributed by atoms with Crippen molar-refractivity contribution in [2.75, 3.05) is 5.73 Å². The summed E-state index contributed by atoms with van der Waals surface area (Å²) < 4.78 is 0. The molecule has 8 heteroatoms. The Morgan fingerprint density at radius 3 is 2.69 bits per heavy atom. The van der Waals surface area contributed by atoms with Crippen molar-refractivity contribution in [2.24, 2.45) is 0 Å². The van der Waals surface area contributed by atoms with E-state index in [9.17, 15) is 9.59 Å². The third-order valence-corrected chi connectivity index (χ3v) is 1.39. The number of anilines is 1. The number of hydrogen-bond donors (Lipinski definition) is 3. The topological polar surface area (TPSA) is 130 Å². The molecule has 2 aromatic heterocycles. The van der Waals surface area contributed by atoms with E-state index in [1.807, 2.05) is 0 Å². The predicted octanol–water partition coefficient (Wildman–Crippen LogP) is -2.02. The van der Waals surface area contributed by atoms with Crippen molar-refractivity contribution in [2.45, 2.75) is 0 Å². The summed E-state index contributed by atoms with van der Waals surface area (Å²) in [5.74, 6) is -0.0705. The number of rotatable bonds is 0. The molecule has 2 aromatic rings. The molecule has 0 radical (unpaired) electrons. The lowest BCUT2D eigenvalue weighted by molar-refractivity contribution is 0.935. The zero-order valence-electron chi connectivity index (χ0n) is 6.24. The van der Waals surface area contributed by atoms with Crippen LogP contribution in [0.25, 0.3) is 11.2 Å². The minimum absolute atomic E-state index is 0.0331. The summed E-state index contributed by atoms with van der Waals surface area (Å²) in [6.45, 7) is 0. The molecule has 2 heterocycles. The van der Waals surface area contributed by atoms with Crippen molar-refractivity contribution in [1.29, 1.82) is 0 Å². The monoisotopic (exact) mass is 180 g/mol. The quantitative estimate of drug-likeness (QED) is 0.429. The lowest BCUT2D eigenvalue weighted by atomic mass is 10.5. The summed E-state index contributed by atoms with van der Waals surface area (Å²) >= 11 is 0. The van der Waals surface area contributed by atoms with Gasteiger partial charge in [-0.25, -0.2) is 4.79 Å². The van der Waals surface area contributed by atoms with Crippen LogP contribution in [-0.2, 0) is 0 Å². The first kappa shape index (κ1) is 7.40. The highest BCUT2D eigenvalue weighted by atomic mass is 16.1. The third-order valence-electron chi connectivity index (χ3n) is 1.39. The van der Waals surface area contributed by atoms with Gasteiger partial charge in [0.2, 0.25) is 5.95 Å². The third kappa shape index (κ3) is 1.13. The number of nitrogens with zero attached hydrogens (tertiary/aromatic N) is 3.